The van der Waals surface area contributed by atoms with E-state index in [1.165, 1.54) is 154 Å². The van der Waals surface area contributed by atoms with E-state index in [0.717, 1.165) is 122 Å². The number of carbonyl (C=O) groups excluding carboxylic acids is 3. The molecule has 0 aromatic heterocycles. The summed E-state index contributed by atoms with van der Waals surface area (Å²) >= 11 is 0. The van der Waals surface area contributed by atoms with Gasteiger partial charge in [0.25, 0.3) is 0 Å². The van der Waals surface area contributed by atoms with E-state index < -0.39 is 6.10 Å². The number of carbonyl (C=O) groups is 3. The number of ether oxygens (including phenoxy) is 3. The molecule has 0 aromatic rings. The summed E-state index contributed by atoms with van der Waals surface area (Å²) in [4.78, 5) is 38.4. The van der Waals surface area contributed by atoms with Crippen molar-refractivity contribution in [1.29, 1.82) is 0 Å². The Labute approximate surface area is 501 Å². The zero-order valence-electron chi connectivity index (χ0n) is 53.0. The van der Waals surface area contributed by atoms with E-state index in [1.54, 1.807) is 0 Å². The third-order valence-electron chi connectivity index (χ3n) is 14.4. The van der Waals surface area contributed by atoms with Crippen molar-refractivity contribution >= 4 is 17.9 Å². The maximum absolute atomic E-state index is 12.9. The Kier molecular flexibility index (Phi) is 64.8. The first kappa shape index (κ1) is 76.8. The zero-order chi connectivity index (χ0) is 58.5. The van der Waals surface area contributed by atoms with Crippen molar-refractivity contribution in [3.63, 3.8) is 0 Å². The van der Waals surface area contributed by atoms with E-state index in [1.807, 2.05) is 0 Å². The molecule has 1 unspecified atom stereocenters. The summed E-state index contributed by atoms with van der Waals surface area (Å²) < 4.78 is 16.9. The van der Waals surface area contributed by atoms with Gasteiger partial charge in [0, 0.05) is 19.3 Å². The zero-order valence-corrected chi connectivity index (χ0v) is 53.0. The van der Waals surface area contributed by atoms with E-state index in [4.69, 9.17) is 14.2 Å². The van der Waals surface area contributed by atoms with Crippen molar-refractivity contribution in [2.75, 3.05) is 13.2 Å². The molecule has 0 heterocycles. The van der Waals surface area contributed by atoms with Crippen molar-refractivity contribution in [2.45, 2.75) is 322 Å². The SMILES string of the molecule is CC/C=C\C/C=C\C/C=C\C/C=C\C/C=C\CCCCCC(=O)OC(COC(=O)CCCCCCCCC/C=C\CCCCCCCC)COC(=O)CCCCCCCCCCCCCCCC/C=C\C/C=C\C/C=C\C/C=C\CC. The first-order chi connectivity index (χ1) is 40.0. The molecule has 1 atom stereocenters. The van der Waals surface area contributed by atoms with Gasteiger partial charge in [-0.2, -0.15) is 0 Å². The summed E-state index contributed by atoms with van der Waals surface area (Å²) in [7, 11) is 0. The highest BCUT2D eigenvalue weighted by Gasteiger charge is 2.19. The summed E-state index contributed by atoms with van der Waals surface area (Å²) in [5.41, 5.74) is 0. The van der Waals surface area contributed by atoms with Crippen LogP contribution in [-0.2, 0) is 28.6 Å². The van der Waals surface area contributed by atoms with Crippen molar-refractivity contribution in [1.82, 2.24) is 0 Å². The predicted octanol–water partition coefficient (Wildman–Crippen LogP) is 23.6. The molecule has 0 fully saturated rings. The lowest BCUT2D eigenvalue weighted by Gasteiger charge is -2.18. The number of unbranched alkanes of at least 4 members (excludes halogenated alkanes) is 30. The molecule has 6 nitrogen and oxygen atoms in total. The van der Waals surface area contributed by atoms with Crippen LogP contribution < -0.4 is 0 Å². The highest BCUT2D eigenvalue weighted by atomic mass is 16.6. The van der Waals surface area contributed by atoms with Gasteiger partial charge in [-0.25, -0.2) is 0 Å². The average Bonchev–Trinajstić information content (AvgIpc) is 3.47. The molecule has 81 heavy (non-hydrogen) atoms. The minimum atomic E-state index is -0.802. The van der Waals surface area contributed by atoms with Crippen LogP contribution in [0.1, 0.15) is 316 Å². The van der Waals surface area contributed by atoms with E-state index in [9.17, 15) is 14.4 Å². The largest absolute Gasteiger partial charge is 0.462 e. The van der Waals surface area contributed by atoms with E-state index in [-0.39, 0.29) is 37.5 Å². The first-order valence-electron chi connectivity index (χ1n) is 34.0. The highest BCUT2D eigenvalue weighted by Crippen LogP contribution is 2.16. The van der Waals surface area contributed by atoms with Gasteiger partial charge in [0.15, 0.2) is 6.10 Å². The van der Waals surface area contributed by atoms with Gasteiger partial charge in [-0.05, 0) is 128 Å². The van der Waals surface area contributed by atoms with Crippen LogP contribution in [0.2, 0.25) is 0 Å². The van der Waals surface area contributed by atoms with Gasteiger partial charge < -0.3 is 14.2 Å². The third-order valence-corrected chi connectivity index (χ3v) is 14.4. The first-order valence-corrected chi connectivity index (χ1v) is 34.0. The Morgan fingerprint density at radius 2 is 0.481 bits per heavy atom. The van der Waals surface area contributed by atoms with Crippen LogP contribution in [-0.4, -0.2) is 37.2 Å². The molecule has 0 spiro atoms. The van der Waals surface area contributed by atoms with Crippen molar-refractivity contribution in [3.05, 3.63) is 122 Å². The highest BCUT2D eigenvalue weighted by molar-refractivity contribution is 5.71. The molecule has 0 aliphatic rings. The van der Waals surface area contributed by atoms with Crippen LogP contribution >= 0.6 is 0 Å². The molecule has 0 aromatic carbocycles. The van der Waals surface area contributed by atoms with E-state index >= 15 is 0 Å². The van der Waals surface area contributed by atoms with Crippen LogP contribution in [0.5, 0.6) is 0 Å². The van der Waals surface area contributed by atoms with Crippen LogP contribution in [0.25, 0.3) is 0 Å². The predicted molar refractivity (Wildman–Crippen MR) is 353 cm³/mol. The maximum atomic E-state index is 12.9. The molecule has 0 bridgehead atoms. The molecule has 0 amide bonds. The van der Waals surface area contributed by atoms with Crippen LogP contribution in [0.3, 0.4) is 0 Å². The second-order valence-corrected chi connectivity index (χ2v) is 22.3. The number of allylic oxidation sites excluding steroid dienone is 20. The number of rotatable bonds is 61. The quantitative estimate of drug-likeness (QED) is 0.0261. The molecule has 0 radical (unpaired) electrons. The van der Waals surface area contributed by atoms with Gasteiger partial charge in [-0.3, -0.25) is 14.4 Å². The minimum absolute atomic E-state index is 0.0937. The summed E-state index contributed by atoms with van der Waals surface area (Å²) in [6.07, 6.45) is 95.0. The van der Waals surface area contributed by atoms with Crippen molar-refractivity contribution in [2.24, 2.45) is 0 Å². The smallest absolute Gasteiger partial charge is 0.306 e. The lowest BCUT2D eigenvalue weighted by atomic mass is 10.0. The topological polar surface area (TPSA) is 78.9 Å². The van der Waals surface area contributed by atoms with Gasteiger partial charge in [0.1, 0.15) is 13.2 Å². The van der Waals surface area contributed by atoms with Crippen molar-refractivity contribution < 1.29 is 28.6 Å². The van der Waals surface area contributed by atoms with Crippen LogP contribution in [0.4, 0.5) is 0 Å². The van der Waals surface area contributed by atoms with E-state index in [0.29, 0.717) is 12.8 Å². The van der Waals surface area contributed by atoms with Crippen molar-refractivity contribution in [3.8, 4) is 0 Å². The second-order valence-electron chi connectivity index (χ2n) is 22.3. The molecule has 0 aliphatic carbocycles. The summed E-state index contributed by atoms with van der Waals surface area (Å²) in [5.74, 6) is -0.922. The molecule has 0 aliphatic heterocycles. The summed E-state index contributed by atoms with van der Waals surface area (Å²) in [6, 6.07) is 0. The molecule has 0 N–H and O–H groups in total. The molecule has 6 heteroatoms. The molecular weight excluding hydrogens is 997 g/mol. The normalized spacial score (nSPS) is 12.9. The van der Waals surface area contributed by atoms with Gasteiger partial charge in [-0.15, -0.1) is 0 Å². The Hall–Kier alpha value is -4.19. The van der Waals surface area contributed by atoms with E-state index in [2.05, 4.69) is 142 Å². The molecule has 0 rings (SSSR count). The maximum Gasteiger partial charge on any atom is 0.306 e. The lowest BCUT2D eigenvalue weighted by Crippen LogP contribution is -2.30. The second kappa shape index (κ2) is 68.3. The summed E-state index contributed by atoms with van der Waals surface area (Å²) in [5, 5.41) is 0. The lowest BCUT2D eigenvalue weighted by molar-refractivity contribution is -0.167. The molecular formula is C75H126O6. The van der Waals surface area contributed by atoms with Crippen LogP contribution in [0, 0.1) is 0 Å². The number of esters is 3. The molecule has 0 saturated heterocycles. The Morgan fingerprint density at radius 1 is 0.259 bits per heavy atom. The van der Waals surface area contributed by atoms with Crippen LogP contribution in [0.15, 0.2) is 122 Å². The standard InChI is InChI=1S/C75H126O6/c1-4-7-10-13-16-19-22-25-28-31-33-34-35-36-37-38-39-40-42-44-47-50-53-56-59-62-65-68-74(77)80-71-72(70-79-73(76)67-64-61-58-55-52-49-46-43-30-27-24-21-18-15-12-9-6-3)81-75(78)69-66-63-60-57-54-51-48-45-41-32-29-26-23-20-17-14-11-8-5-2/h7-8,10-11,16-17,19-20,25-30,33-34,41,45,51,54,72H,4-6,9,12-15,18,21-24,31-32,35-40,42-44,46-50,52-53,55-71H2,1-3H3/b10-7-,11-8-,19-16-,20-17-,28-25-,29-26-,30-27-,34-33-,45-41-,54-51-. The fourth-order valence-corrected chi connectivity index (χ4v) is 9.40. The minimum Gasteiger partial charge on any atom is -0.462 e. The molecule has 0 saturated carbocycles. The Balaban J connectivity index is 4.38. The van der Waals surface area contributed by atoms with Gasteiger partial charge in [-0.1, -0.05) is 290 Å². The third kappa shape index (κ3) is 66.5. The average molecular weight is 1120 g/mol. The van der Waals surface area contributed by atoms with Gasteiger partial charge in [0.05, 0.1) is 0 Å². The number of hydrogen-bond donors (Lipinski definition) is 0. The van der Waals surface area contributed by atoms with Gasteiger partial charge in [0.2, 0.25) is 0 Å². The fraction of sp³-hybridized carbons (Fsp3) is 0.693. The Bertz CT molecular complexity index is 1670. The Morgan fingerprint density at radius 3 is 0.778 bits per heavy atom. The fourth-order valence-electron chi connectivity index (χ4n) is 9.40. The monoisotopic (exact) mass is 1120 g/mol. The molecule has 462 valence electrons. The number of hydrogen-bond acceptors (Lipinski definition) is 6. The summed E-state index contributed by atoms with van der Waals surface area (Å²) in [6.45, 7) is 6.41. The van der Waals surface area contributed by atoms with Gasteiger partial charge >= 0.3 is 17.9 Å².